The first-order valence-electron chi connectivity index (χ1n) is 11.2. The van der Waals surface area contributed by atoms with Gasteiger partial charge in [0.25, 0.3) is 5.91 Å². The fraction of sp³-hybridized carbons (Fsp3) is 0.231. The number of ether oxygens (including phenoxy) is 1. The number of aromatic nitrogens is 2. The van der Waals surface area contributed by atoms with Gasteiger partial charge in [-0.2, -0.15) is 5.10 Å². The van der Waals surface area contributed by atoms with Crippen LogP contribution in [0.2, 0.25) is 0 Å². The van der Waals surface area contributed by atoms with Crippen LogP contribution in [0.5, 0.6) is 5.75 Å². The molecule has 7 nitrogen and oxygen atoms in total. The average molecular weight is 508 g/mol. The normalized spacial score (nSPS) is 14.7. The molecular weight excluding hydrogens is 482 g/mol. The van der Waals surface area contributed by atoms with Gasteiger partial charge >= 0.3 is 5.97 Å². The minimum absolute atomic E-state index is 0.0127. The topological polar surface area (TPSA) is 84.7 Å². The van der Waals surface area contributed by atoms with Crippen molar-refractivity contribution in [1.29, 1.82) is 0 Å². The maximum absolute atomic E-state index is 13.0. The van der Waals surface area contributed by atoms with E-state index in [2.05, 4.69) is 0 Å². The van der Waals surface area contributed by atoms with Gasteiger partial charge in [0.15, 0.2) is 0 Å². The van der Waals surface area contributed by atoms with Crippen molar-refractivity contribution >= 4 is 46.3 Å². The summed E-state index contributed by atoms with van der Waals surface area (Å²) in [5.41, 5.74) is 4.31. The van der Waals surface area contributed by atoms with E-state index >= 15 is 0 Å². The fourth-order valence-electron chi connectivity index (χ4n) is 3.77. The standard InChI is InChI=1S/C26H25N3O4S2/c1-3-33-21-12-11-18(14-17(21)2)24-19(16-29(27-24)20-8-5-4-6-9-20)15-22-25(32)28(26(34)35-22)13-7-10-23(30)31/h4-6,8-9,11-12,14-16H,3,7,10,13H2,1-2H3,(H,30,31)/b22-15-. The molecule has 3 aromatic rings. The molecule has 35 heavy (non-hydrogen) atoms. The molecule has 0 unspecified atom stereocenters. The largest absolute Gasteiger partial charge is 0.494 e. The van der Waals surface area contributed by atoms with Crippen LogP contribution in [0.4, 0.5) is 0 Å². The number of nitrogens with zero attached hydrogens (tertiary/aromatic N) is 3. The van der Waals surface area contributed by atoms with Gasteiger partial charge in [-0.05, 0) is 62.2 Å². The number of carboxylic acid groups (broad SMARTS) is 1. The number of amides is 1. The van der Waals surface area contributed by atoms with Crippen molar-refractivity contribution in [2.24, 2.45) is 0 Å². The van der Waals surface area contributed by atoms with E-state index < -0.39 is 5.97 Å². The lowest BCUT2D eigenvalue weighted by atomic mass is 10.0. The van der Waals surface area contributed by atoms with Gasteiger partial charge in [-0.3, -0.25) is 14.5 Å². The number of carbonyl (C=O) groups excluding carboxylic acids is 1. The number of benzene rings is 2. The zero-order valence-corrected chi connectivity index (χ0v) is 21.1. The number of carboxylic acids is 1. The molecule has 1 amide bonds. The van der Waals surface area contributed by atoms with Gasteiger partial charge in [-0.25, -0.2) is 4.68 Å². The first kappa shape index (κ1) is 24.7. The summed E-state index contributed by atoms with van der Waals surface area (Å²) in [6.45, 7) is 4.81. The Morgan fingerprint density at radius 2 is 2.00 bits per heavy atom. The highest BCUT2D eigenvalue weighted by molar-refractivity contribution is 8.26. The smallest absolute Gasteiger partial charge is 0.303 e. The van der Waals surface area contributed by atoms with E-state index in [0.717, 1.165) is 33.8 Å². The molecule has 1 aliphatic heterocycles. The van der Waals surface area contributed by atoms with Crippen LogP contribution < -0.4 is 4.74 Å². The molecule has 180 valence electrons. The number of thioether (sulfide) groups is 1. The van der Waals surface area contributed by atoms with Crippen LogP contribution in [0.15, 0.2) is 59.6 Å². The number of thiocarbonyl (C=S) groups is 1. The zero-order valence-electron chi connectivity index (χ0n) is 19.4. The highest BCUT2D eigenvalue weighted by Gasteiger charge is 2.32. The van der Waals surface area contributed by atoms with Crippen molar-refractivity contribution in [3.63, 3.8) is 0 Å². The number of carbonyl (C=O) groups is 2. The highest BCUT2D eigenvalue weighted by atomic mass is 32.2. The van der Waals surface area contributed by atoms with Crippen molar-refractivity contribution in [3.8, 4) is 22.7 Å². The summed E-state index contributed by atoms with van der Waals surface area (Å²) < 4.78 is 7.91. The van der Waals surface area contributed by atoms with Crippen LogP contribution in [0.3, 0.4) is 0 Å². The molecule has 0 bridgehead atoms. The van der Waals surface area contributed by atoms with Crippen LogP contribution in [-0.2, 0) is 9.59 Å². The Bertz CT molecular complexity index is 1300. The molecular formula is C26H25N3O4S2. The van der Waals surface area contributed by atoms with Crippen molar-refractivity contribution in [1.82, 2.24) is 14.7 Å². The molecule has 1 aliphatic rings. The number of hydrogen-bond donors (Lipinski definition) is 1. The van der Waals surface area contributed by atoms with Crippen LogP contribution in [0.25, 0.3) is 23.0 Å². The molecule has 0 radical (unpaired) electrons. The van der Waals surface area contributed by atoms with Crippen molar-refractivity contribution in [2.45, 2.75) is 26.7 Å². The number of para-hydroxylation sites is 1. The third kappa shape index (κ3) is 5.63. The molecule has 0 saturated carbocycles. The van der Waals surface area contributed by atoms with Gasteiger partial charge in [0, 0.05) is 30.3 Å². The molecule has 1 saturated heterocycles. The molecule has 9 heteroatoms. The van der Waals surface area contributed by atoms with Crippen molar-refractivity contribution in [2.75, 3.05) is 13.2 Å². The van der Waals surface area contributed by atoms with Gasteiger partial charge < -0.3 is 9.84 Å². The molecule has 0 spiro atoms. The summed E-state index contributed by atoms with van der Waals surface area (Å²) >= 11 is 6.62. The summed E-state index contributed by atoms with van der Waals surface area (Å²) in [5, 5.41) is 13.7. The summed E-state index contributed by atoms with van der Waals surface area (Å²) in [6.07, 6.45) is 4.04. The fourth-order valence-corrected chi connectivity index (χ4v) is 5.07. The molecule has 0 atom stereocenters. The van der Waals surface area contributed by atoms with E-state index in [0.29, 0.717) is 22.3 Å². The predicted molar refractivity (Wildman–Crippen MR) is 142 cm³/mol. The van der Waals surface area contributed by atoms with Crippen molar-refractivity contribution < 1.29 is 19.4 Å². The monoisotopic (exact) mass is 507 g/mol. The predicted octanol–water partition coefficient (Wildman–Crippen LogP) is 5.31. The lowest BCUT2D eigenvalue weighted by molar-refractivity contribution is -0.137. The van der Waals surface area contributed by atoms with Gasteiger partial charge in [-0.1, -0.05) is 42.2 Å². The zero-order chi connectivity index (χ0) is 24.9. The molecule has 2 heterocycles. The number of hydrogen-bond acceptors (Lipinski definition) is 6. The van der Waals surface area contributed by atoms with Crippen molar-refractivity contribution in [3.05, 3.63) is 70.8 Å². The Balaban J connectivity index is 1.71. The molecule has 0 aliphatic carbocycles. The van der Waals surface area contributed by atoms with E-state index in [9.17, 15) is 9.59 Å². The van der Waals surface area contributed by atoms with Gasteiger partial charge in [0.2, 0.25) is 0 Å². The van der Waals surface area contributed by atoms with E-state index in [1.54, 1.807) is 4.68 Å². The molecule has 4 rings (SSSR count). The number of rotatable bonds is 9. The first-order chi connectivity index (χ1) is 16.9. The molecule has 1 aromatic heterocycles. The Morgan fingerprint density at radius 1 is 1.23 bits per heavy atom. The highest BCUT2D eigenvalue weighted by Crippen LogP contribution is 2.35. The van der Waals surface area contributed by atoms with Crippen LogP contribution in [0.1, 0.15) is 30.9 Å². The second kappa shape index (κ2) is 10.9. The third-order valence-electron chi connectivity index (χ3n) is 5.44. The minimum Gasteiger partial charge on any atom is -0.494 e. The van der Waals surface area contributed by atoms with Crippen LogP contribution >= 0.6 is 24.0 Å². The maximum Gasteiger partial charge on any atom is 0.303 e. The second-order valence-electron chi connectivity index (χ2n) is 7.96. The molecule has 1 fully saturated rings. The first-order valence-corrected chi connectivity index (χ1v) is 12.5. The molecule has 1 N–H and O–H groups in total. The van der Waals surface area contributed by atoms with Gasteiger partial charge in [0.1, 0.15) is 15.8 Å². The maximum atomic E-state index is 13.0. The van der Waals surface area contributed by atoms with E-state index in [1.807, 2.05) is 74.7 Å². The summed E-state index contributed by atoms with van der Waals surface area (Å²) in [4.78, 5) is 25.9. The summed E-state index contributed by atoms with van der Waals surface area (Å²) in [6, 6.07) is 15.7. The number of aryl methyl sites for hydroxylation is 1. The number of aliphatic carboxylic acids is 1. The Labute approximate surface area is 213 Å². The minimum atomic E-state index is -0.894. The third-order valence-corrected chi connectivity index (χ3v) is 6.82. The van der Waals surface area contributed by atoms with Crippen LogP contribution in [0, 0.1) is 6.92 Å². The SMILES string of the molecule is CCOc1ccc(-c2nn(-c3ccccc3)cc2/C=C2\SC(=S)N(CCCC(=O)O)C2=O)cc1C. The lowest BCUT2D eigenvalue weighted by Gasteiger charge is -2.13. The Morgan fingerprint density at radius 3 is 2.69 bits per heavy atom. The van der Waals surface area contributed by atoms with Gasteiger partial charge in [0.05, 0.1) is 17.2 Å². The quantitative estimate of drug-likeness (QED) is 0.310. The van der Waals surface area contributed by atoms with Gasteiger partial charge in [-0.15, -0.1) is 0 Å². The van der Waals surface area contributed by atoms with E-state index in [-0.39, 0.29) is 18.9 Å². The summed E-state index contributed by atoms with van der Waals surface area (Å²) in [5.74, 6) is -0.288. The second-order valence-corrected chi connectivity index (χ2v) is 9.63. The Hall–Kier alpha value is -3.43. The van der Waals surface area contributed by atoms with Crippen LogP contribution in [-0.4, -0.2) is 49.1 Å². The average Bonchev–Trinajstić information content (AvgIpc) is 3.37. The van der Waals surface area contributed by atoms with E-state index in [4.69, 9.17) is 27.2 Å². The Kier molecular flexibility index (Phi) is 7.67. The lowest BCUT2D eigenvalue weighted by Crippen LogP contribution is -2.29. The molecule has 2 aromatic carbocycles. The summed E-state index contributed by atoms with van der Waals surface area (Å²) in [7, 11) is 0. The van der Waals surface area contributed by atoms with E-state index in [1.165, 1.54) is 16.7 Å².